The SMILES string of the molecule is O=C1Nc2c(F)cc(F)cc2C12CCCNC2. The quantitative estimate of drug-likeness (QED) is 0.719. The molecule has 2 N–H and O–H groups in total. The Labute approximate surface area is 97.2 Å². The Morgan fingerprint density at radius 2 is 2.12 bits per heavy atom. The lowest BCUT2D eigenvalue weighted by atomic mass is 9.75. The Morgan fingerprint density at radius 3 is 2.82 bits per heavy atom. The van der Waals surface area contributed by atoms with Gasteiger partial charge >= 0.3 is 0 Å². The molecule has 0 bridgehead atoms. The lowest BCUT2D eigenvalue weighted by molar-refractivity contribution is -0.121. The lowest BCUT2D eigenvalue weighted by Gasteiger charge is -2.32. The molecular formula is C12H12F2N2O. The molecule has 17 heavy (non-hydrogen) atoms. The number of rotatable bonds is 0. The highest BCUT2D eigenvalue weighted by Gasteiger charge is 2.48. The second-order valence-corrected chi connectivity index (χ2v) is 4.63. The van der Waals surface area contributed by atoms with Gasteiger partial charge < -0.3 is 10.6 Å². The lowest BCUT2D eigenvalue weighted by Crippen LogP contribution is -2.47. The number of fused-ring (bicyclic) bond motifs is 2. The van der Waals surface area contributed by atoms with Gasteiger partial charge in [0, 0.05) is 12.6 Å². The van der Waals surface area contributed by atoms with Crippen molar-refractivity contribution < 1.29 is 13.6 Å². The van der Waals surface area contributed by atoms with Gasteiger partial charge in [-0.1, -0.05) is 0 Å². The predicted molar refractivity (Wildman–Crippen MR) is 58.8 cm³/mol. The molecule has 1 spiro atoms. The first-order chi connectivity index (χ1) is 8.13. The fraction of sp³-hybridized carbons (Fsp3) is 0.417. The van der Waals surface area contributed by atoms with Crippen LogP contribution >= 0.6 is 0 Å². The van der Waals surface area contributed by atoms with Gasteiger partial charge in [0.15, 0.2) is 0 Å². The van der Waals surface area contributed by atoms with Gasteiger partial charge in [0.25, 0.3) is 0 Å². The molecule has 2 heterocycles. The number of carbonyl (C=O) groups is 1. The molecule has 5 heteroatoms. The molecular weight excluding hydrogens is 226 g/mol. The minimum Gasteiger partial charge on any atom is -0.323 e. The van der Waals surface area contributed by atoms with Crippen LogP contribution in [0.3, 0.4) is 0 Å². The highest BCUT2D eigenvalue weighted by molar-refractivity contribution is 6.06. The maximum absolute atomic E-state index is 13.6. The van der Waals surface area contributed by atoms with Crippen LogP contribution < -0.4 is 10.6 Å². The van der Waals surface area contributed by atoms with Crippen LogP contribution in [0.1, 0.15) is 18.4 Å². The number of halogens is 2. The van der Waals surface area contributed by atoms with E-state index in [0.29, 0.717) is 18.5 Å². The fourth-order valence-corrected chi connectivity index (χ4v) is 2.76. The molecule has 0 aliphatic carbocycles. The maximum Gasteiger partial charge on any atom is 0.236 e. The minimum atomic E-state index is -0.795. The Kier molecular flexibility index (Phi) is 2.19. The van der Waals surface area contributed by atoms with Crippen LogP contribution in [0.5, 0.6) is 0 Å². The third-order valence-corrected chi connectivity index (χ3v) is 3.63. The summed E-state index contributed by atoms with van der Waals surface area (Å²) in [5.41, 5.74) is -0.205. The van der Waals surface area contributed by atoms with Crippen molar-refractivity contribution >= 4 is 11.6 Å². The standard InChI is InChI=1S/C12H12F2N2O/c13-7-4-8-10(9(14)5-7)16-11(17)12(8)2-1-3-15-6-12/h4-5,15H,1-3,6H2,(H,16,17). The molecule has 1 aromatic rings. The summed E-state index contributed by atoms with van der Waals surface area (Å²) in [6.07, 6.45) is 1.45. The average molecular weight is 238 g/mol. The smallest absolute Gasteiger partial charge is 0.236 e. The summed E-state index contributed by atoms with van der Waals surface area (Å²) in [6, 6.07) is 2.07. The minimum absolute atomic E-state index is 0.139. The summed E-state index contributed by atoms with van der Waals surface area (Å²) >= 11 is 0. The van der Waals surface area contributed by atoms with E-state index in [2.05, 4.69) is 10.6 Å². The van der Waals surface area contributed by atoms with E-state index >= 15 is 0 Å². The van der Waals surface area contributed by atoms with Crippen molar-refractivity contribution in [1.82, 2.24) is 5.32 Å². The monoisotopic (exact) mass is 238 g/mol. The van der Waals surface area contributed by atoms with Crippen LogP contribution in [0.25, 0.3) is 0 Å². The van der Waals surface area contributed by atoms with Crippen LogP contribution in [0.15, 0.2) is 12.1 Å². The number of nitrogens with one attached hydrogen (secondary N) is 2. The summed E-state index contributed by atoms with van der Waals surface area (Å²) in [7, 11) is 0. The molecule has 0 aromatic heterocycles. The average Bonchev–Trinajstić information content (AvgIpc) is 2.56. The van der Waals surface area contributed by atoms with Gasteiger partial charge in [0.05, 0.1) is 11.1 Å². The summed E-state index contributed by atoms with van der Waals surface area (Å²) in [5.74, 6) is -1.57. The van der Waals surface area contributed by atoms with Crippen molar-refractivity contribution in [1.29, 1.82) is 0 Å². The summed E-state index contributed by atoms with van der Waals surface area (Å²) in [6.45, 7) is 1.27. The number of anilines is 1. The highest BCUT2D eigenvalue weighted by atomic mass is 19.1. The maximum atomic E-state index is 13.6. The molecule has 0 radical (unpaired) electrons. The first-order valence-corrected chi connectivity index (χ1v) is 5.65. The van der Waals surface area contributed by atoms with Crippen LogP contribution in [0.4, 0.5) is 14.5 Å². The molecule has 0 saturated carbocycles. The van der Waals surface area contributed by atoms with E-state index in [1.807, 2.05) is 0 Å². The largest absolute Gasteiger partial charge is 0.323 e. The molecule has 2 aliphatic heterocycles. The molecule has 1 fully saturated rings. The highest BCUT2D eigenvalue weighted by Crippen LogP contribution is 2.43. The zero-order valence-corrected chi connectivity index (χ0v) is 9.15. The molecule has 1 unspecified atom stereocenters. The number of amides is 1. The van der Waals surface area contributed by atoms with Gasteiger partial charge in [0.1, 0.15) is 11.6 Å². The zero-order valence-electron chi connectivity index (χ0n) is 9.15. The topological polar surface area (TPSA) is 41.1 Å². The van der Waals surface area contributed by atoms with Crippen LogP contribution in [-0.2, 0) is 10.2 Å². The van der Waals surface area contributed by atoms with E-state index in [1.54, 1.807) is 0 Å². The van der Waals surface area contributed by atoms with Gasteiger partial charge in [-0.25, -0.2) is 8.78 Å². The summed E-state index contributed by atoms with van der Waals surface area (Å²) < 4.78 is 26.9. The molecule has 3 rings (SSSR count). The number of benzene rings is 1. The van der Waals surface area contributed by atoms with Gasteiger partial charge in [0.2, 0.25) is 5.91 Å². The Hall–Kier alpha value is -1.49. The summed E-state index contributed by atoms with van der Waals surface area (Å²) in [4.78, 5) is 12.0. The first-order valence-electron chi connectivity index (χ1n) is 5.65. The predicted octanol–water partition coefficient (Wildman–Crippen LogP) is 1.54. The van der Waals surface area contributed by atoms with E-state index < -0.39 is 17.0 Å². The molecule has 2 aliphatic rings. The van der Waals surface area contributed by atoms with Gasteiger partial charge in [-0.3, -0.25) is 4.79 Å². The van der Waals surface area contributed by atoms with Crippen molar-refractivity contribution in [2.45, 2.75) is 18.3 Å². The third-order valence-electron chi connectivity index (χ3n) is 3.63. The zero-order chi connectivity index (χ0) is 12.0. The summed E-state index contributed by atoms with van der Waals surface area (Å²) in [5, 5.41) is 5.65. The van der Waals surface area contributed by atoms with Crippen molar-refractivity contribution in [3.63, 3.8) is 0 Å². The number of hydrogen-bond acceptors (Lipinski definition) is 2. The Bertz CT molecular complexity index is 496. The Morgan fingerprint density at radius 1 is 1.29 bits per heavy atom. The third kappa shape index (κ3) is 1.38. The second-order valence-electron chi connectivity index (χ2n) is 4.63. The van der Waals surface area contributed by atoms with Crippen LogP contribution in [0, 0.1) is 11.6 Å². The number of carbonyl (C=O) groups excluding carboxylic acids is 1. The van der Waals surface area contributed by atoms with Crippen molar-refractivity contribution in [3.05, 3.63) is 29.3 Å². The van der Waals surface area contributed by atoms with Crippen molar-refractivity contribution in [2.75, 3.05) is 18.4 Å². The van der Waals surface area contributed by atoms with Crippen LogP contribution in [-0.4, -0.2) is 19.0 Å². The van der Waals surface area contributed by atoms with Crippen molar-refractivity contribution in [2.24, 2.45) is 0 Å². The van der Waals surface area contributed by atoms with E-state index in [-0.39, 0.29) is 11.6 Å². The molecule has 1 saturated heterocycles. The first kappa shape index (κ1) is 10.7. The normalized spacial score (nSPS) is 27.1. The van der Waals surface area contributed by atoms with Crippen LogP contribution in [0.2, 0.25) is 0 Å². The van der Waals surface area contributed by atoms with E-state index in [0.717, 1.165) is 19.0 Å². The molecule has 1 atom stereocenters. The van der Waals surface area contributed by atoms with Gasteiger partial charge in [-0.15, -0.1) is 0 Å². The number of hydrogen-bond donors (Lipinski definition) is 2. The number of piperidine rings is 1. The fourth-order valence-electron chi connectivity index (χ4n) is 2.76. The van der Waals surface area contributed by atoms with E-state index in [4.69, 9.17) is 0 Å². The van der Waals surface area contributed by atoms with E-state index in [1.165, 1.54) is 6.07 Å². The van der Waals surface area contributed by atoms with E-state index in [9.17, 15) is 13.6 Å². The van der Waals surface area contributed by atoms with Gasteiger partial charge in [-0.05, 0) is 31.0 Å². The molecule has 1 amide bonds. The second kappa shape index (κ2) is 3.50. The molecule has 3 nitrogen and oxygen atoms in total. The molecule has 90 valence electrons. The molecule has 1 aromatic carbocycles. The van der Waals surface area contributed by atoms with Gasteiger partial charge in [-0.2, -0.15) is 0 Å². The Balaban J connectivity index is 2.18. The van der Waals surface area contributed by atoms with Crippen molar-refractivity contribution in [3.8, 4) is 0 Å².